The van der Waals surface area contributed by atoms with E-state index < -0.39 is 0 Å². The van der Waals surface area contributed by atoms with Crippen LogP contribution >= 0.6 is 11.3 Å². The van der Waals surface area contributed by atoms with E-state index in [0.717, 1.165) is 5.69 Å². The Morgan fingerprint density at radius 3 is 3.00 bits per heavy atom. The fourth-order valence-corrected chi connectivity index (χ4v) is 3.10. The number of nitrogens with one attached hydrogen (secondary N) is 1. The number of benzene rings is 1. The van der Waals surface area contributed by atoms with Crippen LogP contribution in [0.25, 0.3) is 10.1 Å². The molecule has 3 rings (SSSR count). The Balaban J connectivity index is 2.14. The lowest BCUT2D eigenvalue weighted by Gasteiger charge is -2.14. The molecule has 1 atom stereocenters. The topological polar surface area (TPSA) is 55.9 Å². The van der Waals surface area contributed by atoms with Gasteiger partial charge in [-0.2, -0.15) is 0 Å². The molecule has 0 saturated carbocycles. The van der Waals surface area contributed by atoms with Gasteiger partial charge in [0.1, 0.15) is 0 Å². The third kappa shape index (κ3) is 1.82. The average Bonchev–Trinajstić information content (AvgIpc) is 2.99. The van der Waals surface area contributed by atoms with Gasteiger partial charge in [-0.25, -0.2) is 10.4 Å². The maximum atomic E-state index is 5.71. The van der Waals surface area contributed by atoms with Crippen LogP contribution in [-0.4, -0.2) is 9.55 Å². The van der Waals surface area contributed by atoms with Gasteiger partial charge in [0, 0.05) is 17.9 Å². The van der Waals surface area contributed by atoms with Crippen LogP contribution in [0.15, 0.2) is 42.2 Å². The van der Waals surface area contributed by atoms with Gasteiger partial charge in [0.25, 0.3) is 0 Å². The molecule has 0 amide bonds. The quantitative estimate of drug-likeness (QED) is 0.559. The lowest BCUT2D eigenvalue weighted by molar-refractivity contribution is 0.627. The number of thiophene rings is 1. The lowest BCUT2D eigenvalue weighted by Crippen LogP contribution is -2.29. The minimum absolute atomic E-state index is 0.0754. The Labute approximate surface area is 109 Å². The summed E-state index contributed by atoms with van der Waals surface area (Å²) in [5.41, 5.74) is 4.96. The van der Waals surface area contributed by atoms with Crippen LogP contribution in [0.4, 0.5) is 0 Å². The predicted octanol–water partition coefficient (Wildman–Crippen LogP) is 2.19. The Bertz CT molecular complexity index is 670. The largest absolute Gasteiger partial charge is 0.340 e. The number of hydrogen-bond donors (Lipinski definition) is 2. The maximum absolute atomic E-state index is 5.71. The van der Waals surface area contributed by atoms with E-state index in [1.807, 2.05) is 17.8 Å². The molecule has 0 aliphatic carbocycles. The summed E-state index contributed by atoms with van der Waals surface area (Å²) in [5.74, 6) is 5.71. The fraction of sp³-hybridized carbons (Fsp3) is 0.154. The van der Waals surface area contributed by atoms with Crippen molar-refractivity contribution < 1.29 is 0 Å². The van der Waals surface area contributed by atoms with Crippen molar-refractivity contribution in [2.24, 2.45) is 12.9 Å². The number of aryl methyl sites for hydroxylation is 1. The van der Waals surface area contributed by atoms with Gasteiger partial charge in [0.2, 0.25) is 0 Å². The molecule has 0 aliphatic heterocycles. The van der Waals surface area contributed by atoms with Crippen LogP contribution < -0.4 is 11.3 Å². The van der Waals surface area contributed by atoms with Crippen LogP contribution in [0, 0.1) is 0 Å². The van der Waals surface area contributed by atoms with Crippen LogP contribution in [0.5, 0.6) is 0 Å². The van der Waals surface area contributed by atoms with Crippen molar-refractivity contribution in [1.82, 2.24) is 15.0 Å². The zero-order valence-corrected chi connectivity index (χ0v) is 10.8. The lowest BCUT2D eigenvalue weighted by atomic mass is 10.0. The van der Waals surface area contributed by atoms with E-state index in [1.54, 1.807) is 17.7 Å². The van der Waals surface area contributed by atoms with Crippen molar-refractivity contribution in [3.63, 3.8) is 0 Å². The Morgan fingerprint density at radius 2 is 2.28 bits per heavy atom. The Hall–Kier alpha value is -1.69. The highest BCUT2D eigenvalue weighted by molar-refractivity contribution is 7.17. The van der Waals surface area contributed by atoms with Crippen molar-refractivity contribution in [1.29, 1.82) is 0 Å². The smallest absolute Gasteiger partial charge is 0.0947 e. The summed E-state index contributed by atoms with van der Waals surface area (Å²) in [5, 5.41) is 3.34. The van der Waals surface area contributed by atoms with E-state index in [9.17, 15) is 0 Å². The Morgan fingerprint density at radius 1 is 1.39 bits per heavy atom. The Kier molecular flexibility index (Phi) is 2.87. The summed E-state index contributed by atoms with van der Waals surface area (Å²) < 4.78 is 3.18. The molecule has 3 aromatic rings. The number of rotatable bonds is 3. The van der Waals surface area contributed by atoms with Gasteiger partial charge < -0.3 is 4.57 Å². The highest BCUT2D eigenvalue weighted by Gasteiger charge is 2.17. The molecule has 0 radical (unpaired) electrons. The first-order valence-corrected chi connectivity index (χ1v) is 6.57. The number of hydrazine groups is 1. The number of nitrogens with zero attached hydrogens (tertiary/aromatic N) is 2. The number of hydrogen-bond acceptors (Lipinski definition) is 4. The normalized spacial score (nSPS) is 13.0. The third-order valence-corrected chi connectivity index (χ3v) is 3.99. The van der Waals surface area contributed by atoms with Gasteiger partial charge in [-0.3, -0.25) is 5.84 Å². The van der Waals surface area contributed by atoms with Crippen LogP contribution in [0.2, 0.25) is 0 Å². The average molecular weight is 258 g/mol. The summed E-state index contributed by atoms with van der Waals surface area (Å²) in [4.78, 5) is 4.38. The monoisotopic (exact) mass is 258 g/mol. The second kappa shape index (κ2) is 4.53. The van der Waals surface area contributed by atoms with Crippen molar-refractivity contribution in [3.8, 4) is 0 Å². The van der Waals surface area contributed by atoms with E-state index in [0.29, 0.717) is 0 Å². The fourth-order valence-electron chi connectivity index (χ4n) is 2.16. The highest BCUT2D eigenvalue weighted by Crippen LogP contribution is 2.31. The van der Waals surface area contributed by atoms with Gasteiger partial charge in [-0.05, 0) is 22.4 Å². The molecule has 1 aromatic carbocycles. The first kappa shape index (κ1) is 11.4. The van der Waals surface area contributed by atoms with E-state index in [4.69, 9.17) is 5.84 Å². The molecule has 2 aromatic heterocycles. The van der Waals surface area contributed by atoms with Crippen LogP contribution in [-0.2, 0) is 7.05 Å². The first-order valence-electron chi connectivity index (χ1n) is 5.69. The minimum atomic E-state index is -0.0754. The summed E-state index contributed by atoms with van der Waals surface area (Å²) >= 11 is 1.73. The van der Waals surface area contributed by atoms with E-state index in [-0.39, 0.29) is 6.04 Å². The summed E-state index contributed by atoms with van der Waals surface area (Å²) in [6.07, 6.45) is 3.77. The molecule has 1 unspecified atom stereocenters. The number of nitrogens with two attached hydrogens (primary N) is 1. The molecule has 5 heteroatoms. The maximum Gasteiger partial charge on any atom is 0.0947 e. The van der Waals surface area contributed by atoms with Gasteiger partial charge in [0.05, 0.1) is 18.1 Å². The van der Waals surface area contributed by atoms with Crippen LogP contribution in [0.3, 0.4) is 0 Å². The highest BCUT2D eigenvalue weighted by atomic mass is 32.1. The second-order valence-corrected chi connectivity index (χ2v) is 5.17. The summed E-state index contributed by atoms with van der Waals surface area (Å²) in [6.45, 7) is 0. The van der Waals surface area contributed by atoms with E-state index in [2.05, 4.69) is 40.1 Å². The molecule has 3 N–H and O–H groups in total. The molecule has 0 bridgehead atoms. The van der Waals surface area contributed by atoms with E-state index in [1.165, 1.54) is 15.6 Å². The molecule has 2 heterocycles. The molecule has 0 spiro atoms. The molecule has 4 nitrogen and oxygen atoms in total. The molecule has 0 aliphatic rings. The van der Waals surface area contributed by atoms with Gasteiger partial charge in [0.15, 0.2) is 0 Å². The van der Waals surface area contributed by atoms with Gasteiger partial charge in [-0.1, -0.05) is 18.2 Å². The number of fused-ring (bicyclic) bond motifs is 1. The molecule has 18 heavy (non-hydrogen) atoms. The minimum Gasteiger partial charge on any atom is -0.340 e. The van der Waals surface area contributed by atoms with Crippen LogP contribution in [0.1, 0.15) is 17.3 Å². The molecular weight excluding hydrogens is 244 g/mol. The van der Waals surface area contributed by atoms with Gasteiger partial charge in [-0.15, -0.1) is 11.3 Å². The number of imidazole rings is 1. The summed E-state index contributed by atoms with van der Waals surface area (Å²) in [6, 6.07) is 8.31. The summed E-state index contributed by atoms with van der Waals surface area (Å²) in [7, 11) is 1.95. The SMILES string of the molecule is Cn1cnc(C(NN)c2cccc3ccsc23)c1. The zero-order chi connectivity index (χ0) is 12.5. The first-order chi connectivity index (χ1) is 8.79. The van der Waals surface area contributed by atoms with Crippen molar-refractivity contribution in [2.75, 3.05) is 0 Å². The molecular formula is C13H14N4S. The third-order valence-electron chi connectivity index (χ3n) is 3.01. The molecule has 0 saturated heterocycles. The number of aromatic nitrogens is 2. The standard InChI is InChI=1S/C13H14N4S/c1-17-7-11(15-8-17)12(16-14)10-4-2-3-9-5-6-18-13(9)10/h2-8,12,16H,14H2,1H3. The predicted molar refractivity (Wildman–Crippen MR) is 74.2 cm³/mol. The molecule has 0 fully saturated rings. The van der Waals surface area contributed by atoms with Crippen molar-refractivity contribution in [3.05, 3.63) is 53.4 Å². The van der Waals surface area contributed by atoms with E-state index >= 15 is 0 Å². The molecule has 92 valence electrons. The van der Waals surface area contributed by atoms with Crippen molar-refractivity contribution >= 4 is 21.4 Å². The second-order valence-electron chi connectivity index (χ2n) is 4.25. The zero-order valence-electron chi connectivity index (χ0n) is 10.00. The van der Waals surface area contributed by atoms with Crippen molar-refractivity contribution in [2.45, 2.75) is 6.04 Å². The van der Waals surface area contributed by atoms with Gasteiger partial charge >= 0.3 is 0 Å².